The number of amides is 2. The van der Waals surface area contributed by atoms with E-state index in [9.17, 15) is 9.59 Å². The topological polar surface area (TPSA) is 52.7 Å². The monoisotopic (exact) mass is 425 g/mol. The summed E-state index contributed by atoms with van der Waals surface area (Å²) < 4.78 is 0. The molecular weight excluding hydrogens is 398 g/mol. The fraction of sp³-hybridized carbons (Fsp3) is 0.417. The zero-order valence-corrected chi connectivity index (χ0v) is 18.1. The highest BCUT2D eigenvalue weighted by Gasteiger charge is 2.42. The summed E-state index contributed by atoms with van der Waals surface area (Å²) in [5.74, 6) is -0.613. The number of piperidine rings is 1. The van der Waals surface area contributed by atoms with Crippen molar-refractivity contribution in [1.29, 1.82) is 0 Å². The van der Waals surface area contributed by atoms with E-state index >= 15 is 0 Å². The lowest BCUT2D eigenvalue weighted by Crippen LogP contribution is -2.30. The zero-order valence-electron chi connectivity index (χ0n) is 17.3. The maximum atomic E-state index is 13.1. The van der Waals surface area contributed by atoms with E-state index in [1.807, 2.05) is 36.4 Å². The second-order valence-electron chi connectivity index (χ2n) is 8.34. The van der Waals surface area contributed by atoms with Crippen LogP contribution in [0, 0.1) is 5.92 Å². The molecule has 1 N–H and O–H groups in total. The molecule has 2 aliphatic heterocycles. The Bertz CT molecular complexity index is 926. The minimum Gasteiger partial charge on any atom is -0.338 e. The summed E-state index contributed by atoms with van der Waals surface area (Å²) in [6.45, 7) is 3.17. The number of anilines is 1. The second kappa shape index (κ2) is 9.19. The van der Waals surface area contributed by atoms with Gasteiger partial charge in [0, 0.05) is 30.7 Å². The molecule has 158 valence electrons. The van der Waals surface area contributed by atoms with Crippen LogP contribution in [0.4, 0.5) is 5.69 Å². The number of rotatable bonds is 5. The summed E-state index contributed by atoms with van der Waals surface area (Å²) in [6, 6.07) is 15.1. The molecule has 0 spiro atoms. The molecule has 0 aliphatic carbocycles. The van der Waals surface area contributed by atoms with Crippen LogP contribution in [0.25, 0.3) is 0 Å². The third-order valence-corrected chi connectivity index (χ3v) is 6.40. The molecule has 0 saturated carbocycles. The van der Waals surface area contributed by atoms with Crippen molar-refractivity contribution in [2.45, 2.75) is 38.3 Å². The van der Waals surface area contributed by atoms with E-state index in [0.717, 1.165) is 30.9 Å². The van der Waals surface area contributed by atoms with Gasteiger partial charge in [0.15, 0.2) is 0 Å². The number of hydrogen-bond acceptors (Lipinski definition) is 3. The molecule has 5 nitrogen and oxygen atoms in total. The standard InChI is InChI=1S/C24H28ClN3O2/c1-27-22(29)15-21(23(27)18-8-6-9-19(25)14-18)24(30)26-20-10-5-7-17(13-20)16-28-11-3-2-4-12-28/h5-10,13-14,21,23H,2-4,11-12,15-16H2,1H3,(H,26,30). The number of hydrogen-bond donors (Lipinski definition) is 1. The summed E-state index contributed by atoms with van der Waals surface area (Å²) in [5.41, 5.74) is 2.86. The first-order valence-electron chi connectivity index (χ1n) is 10.6. The van der Waals surface area contributed by atoms with Crippen LogP contribution in [0.5, 0.6) is 0 Å². The largest absolute Gasteiger partial charge is 0.338 e. The first-order chi connectivity index (χ1) is 14.5. The van der Waals surface area contributed by atoms with Crippen molar-refractivity contribution in [2.24, 2.45) is 5.92 Å². The molecule has 2 atom stereocenters. The van der Waals surface area contributed by atoms with Gasteiger partial charge >= 0.3 is 0 Å². The Morgan fingerprint density at radius 3 is 2.63 bits per heavy atom. The SMILES string of the molecule is CN1C(=O)CC(C(=O)Nc2cccc(CN3CCCCC3)c2)C1c1cccc(Cl)c1. The molecule has 2 saturated heterocycles. The van der Waals surface area contributed by atoms with Gasteiger partial charge in [0.1, 0.15) is 0 Å². The highest BCUT2D eigenvalue weighted by molar-refractivity contribution is 6.30. The van der Waals surface area contributed by atoms with Crippen molar-refractivity contribution in [3.63, 3.8) is 0 Å². The van der Waals surface area contributed by atoms with Crippen LogP contribution in [0.15, 0.2) is 48.5 Å². The molecule has 30 heavy (non-hydrogen) atoms. The zero-order chi connectivity index (χ0) is 21.1. The summed E-state index contributed by atoms with van der Waals surface area (Å²) in [4.78, 5) is 29.7. The van der Waals surface area contributed by atoms with E-state index in [1.54, 1.807) is 18.0 Å². The van der Waals surface area contributed by atoms with E-state index < -0.39 is 5.92 Å². The lowest BCUT2D eigenvalue weighted by molar-refractivity contribution is -0.127. The fourth-order valence-electron chi connectivity index (χ4n) is 4.61. The van der Waals surface area contributed by atoms with Crippen molar-refractivity contribution in [3.8, 4) is 0 Å². The Morgan fingerprint density at radius 1 is 1.10 bits per heavy atom. The van der Waals surface area contributed by atoms with E-state index in [1.165, 1.54) is 24.8 Å². The fourth-order valence-corrected chi connectivity index (χ4v) is 4.81. The minimum atomic E-state index is -0.452. The predicted molar refractivity (Wildman–Crippen MR) is 119 cm³/mol. The summed E-state index contributed by atoms with van der Waals surface area (Å²) in [6.07, 6.45) is 4.02. The maximum absolute atomic E-state index is 13.1. The lowest BCUT2D eigenvalue weighted by Gasteiger charge is -2.27. The van der Waals surface area contributed by atoms with Gasteiger partial charge in [0.25, 0.3) is 0 Å². The molecule has 2 aliphatic rings. The molecule has 2 heterocycles. The number of likely N-dealkylation sites (tertiary alicyclic amines) is 2. The Kier molecular flexibility index (Phi) is 6.40. The first-order valence-corrected chi connectivity index (χ1v) is 11.0. The molecule has 2 aromatic carbocycles. The maximum Gasteiger partial charge on any atom is 0.230 e. The predicted octanol–water partition coefficient (Wildman–Crippen LogP) is 4.48. The second-order valence-corrected chi connectivity index (χ2v) is 8.78. The summed E-state index contributed by atoms with van der Waals surface area (Å²) >= 11 is 6.15. The van der Waals surface area contributed by atoms with Gasteiger partial charge in [-0.2, -0.15) is 0 Å². The van der Waals surface area contributed by atoms with Gasteiger partial charge in [-0.1, -0.05) is 42.3 Å². The third kappa shape index (κ3) is 4.68. The number of nitrogens with one attached hydrogen (secondary N) is 1. The van der Waals surface area contributed by atoms with Crippen molar-refractivity contribution in [3.05, 3.63) is 64.7 Å². The van der Waals surface area contributed by atoms with Gasteiger partial charge in [-0.3, -0.25) is 14.5 Å². The third-order valence-electron chi connectivity index (χ3n) is 6.16. The Balaban J connectivity index is 1.48. The van der Waals surface area contributed by atoms with Crippen LogP contribution in [-0.4, -0.2) is 41.8 Å². The van der Waals surface area contributed by atoms with Crippen LogP contribution >= 0.6 is 11.6 Å². The van der Waals surface area contributed by atoms with Crippen molar-refractivity contribution < 1.29 is 9.59 Å². The van der Waals surface area contributed by atoms with Crippen molar-refractivity contribution in [2.75, 3.05) is 25.5 Å². The lowest BCUT2D eigenvalue weighted by atomic mass is 9.93. The minimum absolute atomic E-state index is 0.0287. The summed E-state index contributed by atoms with van der Waals surface area (Å²) in [5, 5.41) is 3.65. The molecule has 2 unspecified atom stereocenters. The molecule has 0 bridgehead atoms. The normalized spacial score (nSPS) is 22.3. The molecule has 2 amide bonds. The van der Waals surface area contributed by atoms with E-state index in [2.05, 4.69) is 16.3 Å². The van der Waals surface area contributed by atoms with Gasteiger partial charge in [0.05, 0.1) is 12.0 Å². The van der Waals surface area contributed by atoms with E-state index in [4.69, 9.17) is 11.6 Å². The average Bonchev–Trinajstić information content (AvgIpc) is 3.04. The molecule has 6 heteroatoms. The molecule has 2 fully saturated rings. The highest BCUT2D eigenvalue weighted by Crippen LogP contribution is 2.38. The number of carbonyl (C=O) groups is 2. The van der Waals surface area contributed by atoms with Crippen LogP contribution < -0.4 is 5.32 Å². The number of carbonyl (C=O) groups excluding carboxylic acids is 2. The van der Waals surface area contributed by atoms with Crippen molar-refractivity contribution in [1.82, 2.24) is 9.80 Å². The van der Waals surface area contributed by atoms with E-state index in [0.29, 0.717) is 5.02 Å². The van der Waals surface area contributed by atoms with Crippen LogP contribution in [-0.2, 0) is 16.1 Å². The van der Waals surface area contributed by atoms with Gasteiger partial charge < -0.3 is 10.2 Å². The molecular formula is C24H28ClN3O2. The number of halogens is 1. The van der Waals surface area contributed by atoms with Crippen molar-refractivity contribution >= 4 is 29.1 Å². The van der Waals surface area contributed by atoms with Gasteiger partial charge in [-0.05, 0) is 61.3 Å². The molecule has 0 radical (unpaired) electrons. The first kappa shape index (κ1) is 20.9. The molecule has 4 rings (SSSR count). The smallest absolute Gasteiger partial charge is 0.230 e. The van der Waals surface area contributed by atoms with Crippen LogP contribution in [0.3, 0.4) is 0 Å². The highest BCUT2D eigenvalue weighted by atomic mass is 35.5. The van der Waals surface area contributed by atoms with E-state index in [-0.39, 0.29) is 24.3 Å². The molecule has 0 aromatic heterocycles. The molecule has 2 aromatic rings. The Labute approximate surface area is 183 Å². The van der Waals surface area contributed by atoms with Gasteiger partial charge in [0.2, 0.25) is 11.8 Å². The van der Waals surface area contributed by atoms with Gasteiger partial charge in [-0.25, -0.2) is 0 Å². The Hall–Kier alpha value is -2.37. The average molecular weight is 426 g/mol. The number of benzene rings is 2. The quantitative estimate of drug-likeness (QED) is 0.768. The van der Waals surface area contributed by atoms with Gasteiger partial charge in [-0.15, -0.1) is 0 Å². The Morgan fingerprint density at radius 2 is 1.87 bits per heavy atom. The summed E-state index contributed by atoms with van der Waals surface area (Å²) in [7, 11) is 1.75. The number of nitrogens with zero attached hydrogens (tertiary/aromatic N) is 2. The van der Waals surface area contributed by atoms with Crippen LogP contribution in [0.2, 0.25) is 5.02 Å². The van der Waals surface area contributed by atoms with Crippen LogP contribution in [0.1, 0.15) is 42.9 Å².